The molecular weight excluding hydrogens is 298 g/mol. The second kappa shape index (κ2) is 7.32. The first-order chi connectivity index (χ1) is 10.5. The first-order valence-electron chi connectivity index (χ1n) is 7.24. The maximum absolute atomic E-state index is 11.9. The van der Waals surface area contributed by atoms with E-state index in [1.54, 1.807) is 6.07 Å². The smallest absolute Gasteiger partial charge is 0.262 e. The number of rotatable bonds is 5. The van der Waals surface area contributed by atoms with Gasteiger partial charge in [-0.15, -0.1) is 0 Å². The molecule has 0 aromatic heterocycles. The van der Waals surface area contributed by atoms with E-state index in [4.69, 9.17) is 16.3 Å². The molecule has 0 unspecified atom stereocenters. The number of amides is 1. The van der Waals surface area contributed by atoms with E-state index in [0.717, 1.165) is 5.56 Å². The number of halogens is 1. The largest absolute Gasteiger partial charge is 0.484 e. The summed E-state index contributed by atoms with van der Waals surface area (Å²) in [5, 5.41) is 3.39. The molecule has 0 saturated carbocycles. The second-order valence-corrected chi connectivity index (χ2v) is 5.93. The maximum atomic E-state index is 11.9. The molecule has 4 heteroatoms. The van der Waals surface area contributed by atoms with Gasteiger partial charge in [-0.05, 0) is 48.2 Å². The van der Waals surface area contributed by atoms with Crippen LogP contribution in [0.15, 0.2) is 42.5 Å². The Labute approximate surface area is 136 Å². The standard InChI is InChI=1S/C18H20ClNO2/c1-12(2)14-5-8-16(9-6-14)22-11-18(21)20-15-7-4-13(3)17(19)10-15/h4-10,12H,11H2,1-3H3,(H,20,21). The summed E-state index contributed by atoms with van der Waals surface area (Å²) in [5.41, 5.74) is 2.88. The molecule has 1 N–H and O–H groups in total. The Bertz CT molecular complexity index is 651. The van der Waals surface area contributed by atoms with Crippen molar-refractivity contribution < 1.29 is 9.53 Å². The lowest BCUT2D eigenvalue weighted by Crippen LogP contribution is -2.20. The molecule has 0 radical (unpaired) electrons. The number of carbonyl (C=O) groups excluding carboxylic acids is 1. The molecule has 22 heavy (non-hydrogen) atoms. The van der Waals surface area contributed by atoms with Crippen molar-refractivity contribution in [2.75, 3.05) is 11.9 Å². The third-order valence-electron chi connectivity index (χ3n) is 3.37. The molecule has 0 saturated heterocycles. The lowest BCUT2D eigenvalue weighted by Gasteiger charge is -2.10. The highest BCUT2D eigenvalue weighted by Gasteiger charge is 2.06. The fraction of sp³-hybridized carbons (Fsp3) is 0.278. The fourth-order valence-electron chi connectivity index (χ4n) is 1.97. The van der Waals surface area contributed by atoms with Crippen LogP contribution in [0.25, 0.3) is 0 Å². The normalized spacial score (nSPS) is 10.6. The third kappa shape index (κ3) is 4.50. The van der Waals surface area contributed by atoms with E-state index in [9.17, 15) is 4.79 Å². The summed E-state index contributed by atoms with van der Waals surface area (Å²) in [6.45, 7) is 6.15. The Balaban J connectivity index is 1.88. The van der Waals surface area contributed by atoms with Crippen LogP contribution in [0.4, 0.5) is 5.69 Å². The molecule has 0 aliphatic carbocycles. The molecule has 2 aromatic rings. The van der Waals surface area contributed by atoms with Gasteiger partial charge in [0, 0.05) is 10.7 Å². The molecule has 116 valence electrons. The zero-order valence-corrected chi connectivity index (χ0v) is 13.8. The molecule has 0 atom stereocenters. The van der Waals surface area contributed by atoms with Gasteiger partial charge in [0.25, 0.3) is 5.91 Å². The number of nitrogens with one attached hydrogen (secondary N) is 1. The van der Waals surface area contributed by atoms with Gasteiger partial charge in [0.2, 0.25) is 0 Å². The summed E-state index contributed by atoms with van der Waals surface area (Å²) in [4.78, 5) is 11.9. The van der Waals surface area contributed by atoms with Gasteiger partial charge in [-0.3, -0.25) is 4.79 Å². The number of hydrogen-bond acceptors (Lipinski definition) is 2. The van der Waals surface area contributed by atoms with Gasteiger partial charge >= 0.3 is 0 Å². The maximum Gasteiger partial charge on any atom is 0.262 e. The van der Waals surface area contributed by atoms with Crippen LogP contribution in [0.2, 0.25) is 5.02 Å². The number of aryl methyl sites for hydroxylation is 1. The average Bonchev–Trinajstić information content (AvgIpc) is 2.49. The van der Waals surface area contributed by atoms with Crippen molar-refractivity contribution in [3.05, 3.63) is 58.6 Å². The minimum absolute atomic E-state index is 0.0352. The topological polar surface area (TPSA) is 38.3 Å². The van der Waals surface area contributed by atoms with E-state index < -0.39 is 0 Å². The second-order valence-electron chi connectivity index (χ2n) is 5.52. The molecule has 3 nitrogen and oxygen atoms in total. The van der Waals surface area contributed by atoms with Crippen LogP contribution in [-0.4, -0.2) is 12.5 Å². The third-order valence-corrected chi connectivity index (χ3v) is 3.78. The van der Waals surface area contributed by atoms with Crippen molar-refractivity contribution in [2.45, 2.75) is 26.7 Å². The highest BCUT2D eigenvalue weighted by atomic mass is 35.5. The molecule has 2 rings (SSSR count). The zero-order chi connectivity index (χ0) is 16.1. The monoisotopic (exact) mass is 317 g/mol. The molecular formula is C18H20ClNO2. The summed E-state index contributed by atoms with van der Waals surface area (Å²) in [6, 6.07) is 13.2. The number of ether oxygens (including phenoxy) is 1. The highest BCUT2D eigenvalue weighted by Crippen LogP contribution is 2.20. The summed E-state index contributed by atoms with van der Waals surface area (Å²) < 4.78 is 5.48. The number of anilines is 1. The summed E-state index contributed by atoms with van der Waals surface area (Å²) >= 11 is 6.03. The lowest BCUT2D eigenvalue weighted by molar-refractivity contribution is -0.118. The van der Waals surface area contributed by atoms with Gasteiger partial charge in [-0.25, -0.2) is 0 Å². The van der Waals surface area contributed by atoms with Crippen molar-refractivity contribution in [1.82, 2.24) is 0 Å². The van der Waals surface area contributed by atoms with E-state index in [0.29, 0.717) is 22.4 Å². The van der Waals surface area contributed by atoms with Crippen molar-refractivity contribution in [3.63, 3.8) is 0 Å². The van der Waals surface area contributed by atoms with Crippen LogP contribution in [0, 0.1) is 6.92 Å². The van der Waals surface area contributed by atoms with E-state index in [1.807, 2.05) is 43.3 Å². The molecule has 0 fully saturated rings. The van der Waals surface area contributed by atoms with Crippen LogP contribution in [0.1, 0.15) is 30.9 Å². The predicted molar refractivity (Wildman–Crippen MR) is 90.8 cm³/mol. The van der Waals surface area contributed by atoms with Crippen molar-refractivity contribution in [2.24, 2.45) is 0 Å². The Kier molecular flexibility index (Phi) is 5.45. The molecule has 0 spiro atoms. The van der Waals surface area contributed by atoms with Gasteiger partial charge in [-0.1, -0.05) is 43.6 Å². The molecule has 0 aliphatic heterocycles. The number of carbonyl (C=O) groups is 1. The van der Waals surface area contributed by atoms with E-state index in [2.05, 4.69) is 19.2 Å². The van der Waals surface area contributed by atoms with E-state index in [1.165, 1.54) is 5.56 Å². The van der Waals surface area contributed by atoms with Gasteiger partial charge < -0.3 is 10.1 Å². The summed E-state index contributed by atoms with van der Waals surface area (Å²) in [6.07, 6.45) is 0. The van der Waals surface area contributed by atoms with Crippen LogP contribution < -0.4 is 10.1 Å². The van der Waals surface area contributed by atoms with Crippen LogP contribution in [0.5, 0.6) is 5.75 Å². The number of benzene rings is 2. The van der Waals surface area contributed by atoms with Crippen molar-refractivity contribution >= 4 is 23.2 Å². The van der Waals surface area contributed by atoms with Crippen molar-refractivity contribution in [3.8, 4) is 5.75 Å². The van der Waals surface area contributed by atoms with Gasteiger partial charge in [-0.2, -0.15) is 0 Å². The summed E-state index contributed by atoms with van der Waals surface area (Å²) in [5.74, 6) is 0.943. The van der Waals surface area contributed by atoms with Gasteiger partial charge in [0.05, 0.1) is 0 Å². The molecule has 2 aromatic carbocycles. The minimum Gasteiger partial charge on any atom is -0.484 e. The van der Waals surface area contributed by atoms with Crippen LogP contribution in [0.3, 0.4) is 0 Å². The average molecular weight is 318 g/mol. The Morgan fingerprint density at radius 1 is 1.18 bits per heavy atom. The fourth-order valence-corrected chi connectivity index (χ4v) is 2.15. The highest BCUT2D eigenvalue weighted by molar-refractivity contribution is 6.31. The SMILES string of the molecule is Cc1ccc(NC(=O)COc2ccc(C(C)C)cc2)cc1Cl. The van der Waals surface area contributed by atoms with Gasteiger partial charge in [0.1, 0.15) is 5.75 Å². The molecule has 1 amide bonds. The lowest BCUT2D eigenvalue weighted by atomic mass is 10.0. The quantitative estimate of drug-likeness (QED) is 0.861. The molecule has 0 bridgehead atoms. The van der Waals surface area contributed by atoms with Crippen molar-refractivity contribution in [1.29, 1.82) is 0 Å². The van der Waals surface area contributed by atoms with Crippen LogP contribution >= 0.6 is 11.6 Å². The Hall–Kier alpha value is -2.00. The van der Waals surface area contributed by atoms with Crippen LogP contribution in [-0.2, 0) is 4.79 Å². The van der Waals surface area contributed by atoms with Gasteiger partial charge in [0.15, 0.2) is 6.61 Å². The molecule has 0 heterocycles. The first-order valence-corrected chi connectivity index (χ1v) is 7.62. The minimum atomic E-state index is -0.215. The number of hydrogen-bond donors (Lipinski definition) is 1. The van der Waals surface area contributed by atoms with E-state index >= 15 is 0 Å². The van der Waals surface area contributed by atoms with E-state index in [-0.39, 0.29) is 12.5 Å². The molecule has 0 aliphatic rings. The zero-order valence-electron chi connectivity index (χ0n) is 13.0. The Morgan fingerprint density at radius 3 is 2.45 bits per heavy atom. The first kappa shape index (κ1) is 16.4. The summed E-state index contributed by atoms with van der Waals surface area (Å²) in [7, 11) is 0. The Morgan fingerprint density at radius 2 is 1.86 bits per heavy atom. The predicted octanol–water partition coefficient (Wildman–Crippen LogP) is 4.79.